The predicted octanol–water partition coefficient (Wildman–Crippen LogP) is 2.90. The zero-order valence-corrected chi connectivity index (χ0v) is 14.8. The highest BCUT2D eigenvalue weighted by atomic mass is 16.2. The minimum Gasteiger partial charge on any atom is -0.376 e. The summed E-state index contributed by atoms with van der Waals surface area (Å²) in [6.45, 7) is 6.00. The molecule has 0 unspecified atom stereocenters. The van der Waals surface area contributed by atoms with Crippen LogP contribution in [-0.2, 0) is 11.3 Å². The molecule has 0 radical (unpaired) electrons. The summed E-state index contributed by atoms with van der Waals surface area (Å²) in [5, 5.41) is 5.99. The third-order valence-electron chi connectivity index (χ3n) is 3.98. The lowest BCUT2D eigenvalue weighted by Gasteiger charge is -2.19. The second-order valence-electron chi connectivity index (χ2n) is 5.67. The van der Waals surface area contributed by atoms with Gasteiger partial charge in [0.25, 0.3) is 5.91 Å². The molecule has 0 bridgehead atoms. The largest absolute Gasteiger partial charge is 0.376 e. The molecule has 0 spiro atoms. The predicted molar refractivity (Wildman–Crippen MR) is 100 cm³/mol. The van der Waals surface area contributed by atoms with E-state index in [1.807, 2.05) is 56.3 Å². The first-order valence-corrected chi connectivity index (χ1v) is 8.57. The average molecular weight is 339 g/mol. The van der Waals surface area contributed by atoms with E-state index in [9.17, 15) is 9.59 Å². The lowest BCUT2D eigenvalue weighted by atomic mass is 10.1. The van der Waals surface area contributed by atoms with Crippen molar-refractivity contribution in [1.29, 1.82) is 0 Å². The van der Waals surface area contributed by atoms with Gasteiger partial charge >= 0.3 is 0 Å². The molecule has 0 heterocycles. The summed E-state index contributed by atoms with van der Waals surface area (Å²) in [7, 11) is 0. The van der Waals surface area contributed by atoms with Gasteiger partial charge in [-0.1, -0.05) is 36.4 Å². The maximum absolute atomic E-state index is 12.3. The van der Waals surface area contributed by atoms with Crippen LogP contribution in [0.1, 0.15) is 29.8 Å². The Bertz CT molecular complexity index is 697. The van der Waals surface area contributed by atoms with Crippen molar-refractivity contribution in [2.75, 3.05) is 25.0 Å². The highest BCUT2D eigenvalue weighted by molar-refractivity contribution is 5.95. The van der Waals surface area contributed by atoms with Crippen LogP contribution in [-0.4, -0.2) is 36.3 Å². The molecule has 0 saturated heterocycles. The van der Waals surface area contributed by atoms with Crippen molar-refractivity contribution in [3.63, 3.8) is 0 Å². The van der Waals surface area contributed by atoms with Crippen molar-refractivity contribution in [3.05, 3.63) is 65.7 Å². The molecule has 5 heteroatoms. The van der Waals surface area contributed by atoms with Crippen LogP contribution in [0, 0.1) is 0 Å². The van der Waals surface area contributed by atoms with Crippen LogP contribution in [0.4, 0.5) is 5.69 Å². The fourth-order valence-electron chi connectivity index (χ4n) is 2.52. The lowest BCUT2D eigenvalue weighted by molar-refractivity contribution is -0.128. The molecule has 2 rings (SSSR count). The van der Waals surface area contributed by atoms with Gasteiger partial charge in [-0.2, -0.15) is 0 Å². The van der Waals surface area contributed by atoms with Crippen LogP contribution in [0.15, 0.2) is 54.6 Å². The summed E-state index contributed by atoms with van der Waals surface area (Å²) in [5.41, 5.74) is 2.37. The lowest BCUT2D eigenvalue weighted by Crippen LogP contribution is -2.35. The Hall–Kier alpha value is -2.82. The van der Waals surface area contributed by atoms with Crippen molar-refractivity contribution < 1.29 is 9.59 Å². The molecule has 0 aliphatic carbocycles. The highest BCUT2D eigenvalue weighted by Crippen LogP contribution is 2.11. The third-order valence-corrected chi connectivity index (χ3v) is 3.98. The van der Waals surface area contributed by atoms with E-state index in [2.05, 4.69) is 10.6 Å². The molecule has 5 nitrogen and oxygen atoms in total. The first kappa shape index (κ1) is 18.5. The average Bonchev–Trinajstić information content (AvgIpc) is 2.66. The van der Waals surface area contributed by atoms with E-state index < -0.39 is 0 Å². The standard InChI is InChI=1S/C20H25N3O2/c1-3-23(4-2)19(24)15-21-18-12-8-11-17(13-18)20(25)22-14-16-9-6-5-7-10-16/h5-13,21H,3-4,14-15H2,1-2H3,(H,22,25). The number of benzene rings is 2. The van der Waals surface area contributed by atoms with Gasteiger partial charge in [0.2, 0.25) is 5.91 Å². The van der Waals surface area contributed by atoms with E-state index in [4.69, 9.17) is 0 Å². The summed E-state index contributed by atoms with van der Waals surface area (Å²) < 4.78 is 0. The zero-order valence-electron chi connectivity index (χ0n) is 14.8. The maximum atomic E-state index is 12.3. The number of rotatable bonds is 8. The van der Waals surface area contributed by atoms with E-state index in [0.717, 1.165) is 11.3 Å². The van der Waals surface area contributed by atoms with Crippen LogP contribution >= 0.6 is 0 Å². The Morgan fingerprint density at radius 2 is 1.68 bits per heavy atom. The Morgan fingerprint density at radius 3 is 2.36 bits per heavy atom. The third kappa shape index (κ3) is 5.64. The van der Waals surface area contributed by atoms with E-state index in [1.165, 1.54) is 0 Å². The Labute approximate surface area is 149 Å². The van der Waals surface area contributed by atoms with Gasteiger partial charge in [0.1, 0.15) is 0 Å². The fourth-order valence-corrected chi connectivity index (χ4v) is 2.52. The van der Waals surface area contributed by atoms with E-state index >= 15 is 0 Å². The van der Waals surface area contributed by atoms with Gasteiger partial charge in [-0.25, -0.2) is 0 Å². The molecule has 0 aliphatic heterocycles. The number of amides is 2. The van der Waals surface area contributed by atoms with Crippen molar-refractivity contribution in [1.82, 2.24) is 10.2 Å². The fraction of sp³-hybridized carbons (Fsp3) is 0.300. The minimum atomic E-state index is -0.137. The first-order valence-electron chi connectivity index (χ1n) is 8.57. The SMILES string of the molecule is CCN(CC)C(=O)CNc1cccc(C(=O)NCc2ccccc2)c1. The Morgan fingerprint density at radius 1 is 0.960 bits per heavy atom. The van der Waals surface area contributed by atoms with Gasteiger partial charge in [-0.15, -0.1) is 0 Å². The number of hydrogen-bond acceptors (Lipinski definition) is 3. The monoisotopic (exact) mass is 339 g/mol. The molecule has 2 aromatic carbocycles. The summed E-state index contributed by atoms with van der Waals surface area (Å²) >= 11 is 0. The smallest absolute Gasteiger partial charge is 0.251 e. The van der Waals surface area contributed by atoms with Gasteiger partial charge in [0, 0.05) is 30.9 Å². The van der Waals surface area contributed by atoms with Gasteiger partial charge in [-0.05, 0) is 37.6 Å². The molecule has 2 amide bonds. The Kier molecular flexibility index (Phi) is 7.01. The molecule has 0 saturated carbocycles. The molecule has 0 aromatic heterocycles. The van der Waals surface area contributed by atoms with Crippen LogP contribution in [0.5, 0.6) is 0 Å². The summed E-state index contributed by atoms with van der Waals surface area (Å²) in [5.74, 6) is -0.0912. The van der Waals surface area contributed by atoms with Gasteiger partial charge in [0.15, 0.2) is 0 Å². The molecule has 2 aromatic rings. The second-order valence-corrected chi connectivity index (χ2v) is 5.67. The van der Waals surface area contributed by atoms with Crippen LogP contribution in [0.3, 0.4) is 0 Å². The van der Waals surface area contributed by atoms with E-state index in [0.29, 0.717) is 25.2 Å². The molecule has 0 aliphatic rings. The van der Waals surface area contributed by atoms with Crippen LogP contribution in [0.25, 0.3) is 0 Å². The van der Waals surface area contributed by atoms with Gasteiger partial charge in [0.05, 0.1) is 6.54 Å². The molecule has 2 N–H and O–H groups in total. The van der Waals surface area contributed by atoms with Crippen LogP contribution in [0.2, 0.25) is 0 Å². The number of anilines is 1. The summed E-state index contributed by atoms with van der Waals surface area (Å²) in [4.78, 5) is 26.1. The minimum absolute atomic E-state index is 0.0453. The number of likely N-dealkylation sites (N-methyl/N-ethyl adjacent to an activating group) is 1. The van der Waals surface area contributed by atoms with Gasteiger partial charge < -0.3 is 15.5 Å². The van der Waals surface area contributed by atoms with Crippen molar-refractivity contribution >= 4 is 17.5 Å². The van der Waals surface area contributed by atoms with Crippen molar-refractivity contribution in [2.45, 2.75) is 20.4 Å². The second kappa shape index (κ2) is 9.47. The number of nitrogens with zero attached hydrogens (tertiary/aromatic N) is 1. The number of nitrogens with one attached hydrogen (secondary N) is 2. The maximum Gasteiger partial charge on any atom is 0.251 e. The zero-order chi connectivity index (χ0) is 18.1. The van der Waals surface area contributed by atoms with Crippen molar-refractivity contribution in [3.8, 4) is 0 Å². The Balaban J connectivity index is 1.91. The topological polar surface area (TPSA) is 61.4 Å². The van der Waals surface area contributed by atoms with E-state index in [1.54, 1.807) is 17.0 Å². The number of carbonyl (C=O) groups excluding carboxylic acids is 2. The van der Waals surface area contributed by atoms with Crippen LogP contribution < -0.4 is 10.6 Å². The number of carbonyl (C=O) groups is 2. The molecular weight excluding hydrogens is 314 g/mol. The number of hydrogen-bond donors (Lipinski definition) is 2. The molecule has 25 heavy (non-hydrogen) atoms. The van der Waals surface area contributed by atoms with E-state index in [-0.39, 0.29) is 18.4 Å². The summed E-state index contributed by atoms with van der Waals surface area (Å²) in [6.07, 6.45) is 0. The molecule has 0 atom stereocenters. The molecule has 0 fully saturated rings. The van der Waals surface area contributed by atoms with Gasteiger partial charge in [-0.3, -0.25) is 9.59 Å². The quantitative estimate of drug-likeness (QED) is 0.777. The summed E-state index contributed by atoms with van der Waals surface area (Å²) in [6, 6.07) is 16.9. The highest BCUT2D eigenvalue weighted by Gasteiger charge is 2.10. The van der Waals surface area contributed by atoms with Crippen molar-refractivity contribution in [2.24, 2.45) is 0 Å². The first-order chi connectivity index (χ1) is 12.1. The normalized spacial score (nSPS) is 10.2. The molecule has 132 valence electrons. The molecular formula is C20H25N3O2.